The minimum absolute atomic E-state index is 0.0977. The molecule has 0 unspecified atom stereocenters. The van der Waals surface area contributed by atoms with Crippen LogP contribution in [-0.2, 0) is 6.54 Å². The first-order valence-electron chi connectivity index (χ1n) is 5.63. The van der Waals surface area contributed by atoms with Crippen LogP contribution in [0.2, 0.25) is 0 Å². The van der Waals surface area contributed by atoms with E-state index in [1.807, 2.05) is 31.3 Å². The molecule has 1 heterocycles. The molecular formula is C13H14BrN3OS. The van der Waals surface area contributed by atoms with E-state index in [-0.39, 0.29) is 5.84 Å². The predicted molar refractivity (Wildman–Crippen MR) is 83.1 cm³/mol. The first-order valence-corrected chi connectivity index (χ1v) is 7.30. The summed E-state index contributed by atoms with van der Waals surface area (Å²) in [6, 6.07) is 9.86. The average molecular weight is 340 g/mol. The summed E-state index contributed by atoms with van der Waals surface area (Å²) < 4.78 is 0.804. The smallest absolute Gasteiger partial charge is 0.173 e. The monoisotopic (exact) mass is 339 g/mol. The third kappa shape index (κ3) is 3.08. The second-order valence-electron chi connectivity index (χ2n) is 4.05. The Morgan fingerprint density at radius 2 is 2.21 bits per heavy atom. The number of nitrogens with two attached hydrogens (primary N) is 1. The predicted octanol–water partition coefficient (Wildman–Crippen LogP) is 3.24. The highest BCUT2D eigenvalue weighted by Gasteiger charge is 2.14. The zero-order chi connectivity index (χ0) is 13.8. The summed E-state index contributed by atoms with van der Waals surface area (Å²) in [5, 5.41) is 14.1. The molecule has 0 spiro atoms. The van der Waals surface area contributed by atoms with Crippen LogP contribution in [0.4, 0.5) is 5.69 Å². The summed E-state index contributed by atoms with van der Waals surface area (Å²) in [4.78, 5) is 3.33. The van der Waals surface area contributed by atoms with E-state index in [4.69, 9.17) is 10.9 Å². The normalized spacial score (nSPS) is 11.6. The Hall–Kier alpha value is -1.53. The van der Waals surface area contributed by atoms with Gasteiger partial charge in [0, 0.05) is 22.1 Å². The number of anilines is 1. The van der Waals surface area contributed by atoms with E-state index < -0.39 is 0 Å². The molecule has 100 valence electrons. The fourth-order valence-electron chi connectivity index (χ4n) is 1.86. The van der Waals surface area contributed by atoms with Crippen molar-refractivity contribution in [3.05, 3.63) is 50.6 Å². The molecule has 0 bridgehead atoms. The van der Waals surface area contributed by atoms with Crippen molar-refractivity contribution in [3.63, 3.8) is 0 Å². The Labute approximate surface area is 124 Å². The molecule has 1 aromatic carbocycles. The van der Waals surface area contributed by atoms with Gasteiger partial charge in [-0.1, -0.05) is 17.3 Å². The lowest BCUT2D eigenvalue weighted by atomic mass is 10.1. The molecule has 0 fully saturated rings. The molecule has 0 radical (unpaired) electrons. The Morgan fingerprint density at radius 1 is 1.42 bits per heavy atom. The van der Waals surface area contributed by atoms with E-state index in [9.17, 15) is 0 Å². The maximum Gasteiger partial charge on any atom is 0.173 e. The molecule has 6 heteroatoms. The molecule has 0 amide bonds. The minimum Gasteiger partial charge on any atom is -0.409 e. The van der Waals surface area contributed by atoms with Gasteiger partial charge in [0.05, 0.1) is 12.1 Å². The van der Waals surface area contributed by atoms with Gasteiger partial charge >= 0.3 is 0 Å². The summed E-state index contributed by atoms with van der Waals surface area (Å²) >= 11 is 5.14. The van der Waals surface area contributed by atoms with Crippen LogP contribution in [0.15, 0.2) is 45.3 Å². The fraction of sp³-hybridized carbons (Fsp3) is 0.154. The van der Waals surface area contributed by atoms with Crippen molar-refractivity contribution in [2.24, 2.45) is 10.9 Å². The number of rotatable bonds is 4. The van der Waals surface area contributed by atoms with Gasteiger partial charge in [-0.3, -0.25) is 0 Å². The molecular weight excluding hydrogens is 326 g/mol. The van der Waals surface area contributed by atoms with Crippen molar-refractivity contribution >= 4 is 38.8 Å². The standard InChI is InChI=1S/C13H14BrN3OS/c1-17(8-9-4-3-7-19-9)11-6-2-5-10(14)12(11)13(15)16-18/h2-7,18H,8H2,1H3,(H2,15,16). The molecule has 2 aromatic rings. The highest BCUT2D eigenvalue weighted by molar-refractivity contribution is 9.10. The van der Waals surface area contributed by atoms with E-state index in [2.05, 4.69) is 37.4 Å². The van der Waals surface area contributed by atoms with Gasteiger partial charge in [-0.25, -0.2) is 0 Å². The number of hydrogen-bond donors (Lipinski definition) is 2. The molecule has 0 aliphatic heterocycles. The molecule has 0 aliphatic rings. The van der Waals surface area contributed by atoms with Crippen molar-refractivity contribution in [1.82, 2.24) is 0 Å². The third-order valence-electron chi connectivity index (χ3n) is 2.74. The lowest BCUT2D eigenvalue weighted by Gasteiger charge is -2.22. The maximum atomic E-state index is 8.90. The number of amidine groups is 1. The van der Waals surface area contributed by atoms with Crippen LogP contribution in [-0.4, -0.2) is 18.1 Å². The van der Waals surface area contributed by atoms with Crippen molar-refractivity contribution in [1.29, 1.82) is 0 Å². The van der Waals surface area contributed by atoms with Crippen LogP contribution in [0.3, 0.4) is 0 Å². The average Bonchev–Trinajstić information content (AvgIpc) is 2.90. The van der Waals surface area contributed by atoms with Gasteiger partial charge in [-0.05, 0) is 39.5 Å². The van der Waals surface area contributed by atoms with Crippen LogP contribution < -0.4 is 10.6 Å². The summed E-state index contributed by atoms with van der Waals surface area (Å²) in [6.07, 6.45) is 0. The van der Waals surface area contributed by atoms with E-state index in [1.54, 1.807) is 11.3 Å². The lowest BCUT2D eigenvalue weighted by molar-refractivity contribution is 0.318. The van der Waals surface area contributed by atoms with Gasteiger partial charge in [0.25, 0.3) is 0 Å². The summed E-state index contributed by atoms with van der Waals surface area (Å²) in [5.74, 6) is 0.0977. The number of oxime groups is 1. The zero-order valence-electron chi connectivity index (χ0n) is 10.4. The van der Waals surface area contributed by atoms with Gasteiger partial charge in [0.2, 0.25) is 0 Å². The van der Waals surface area contributed by atoms with Crippen molar-refractivity contribution in [2.45, 2.75) is 6.54 Å². The molecule has 0 aliphatic carbocycles. The third-order valence-corrected chi connectivity index (χ3v) is 4.26. The Kier molecular flexibility index (Phi) is 4.44. The van der Waals surface area contributed by atoms with Crippen LogP contribution in [0.5, 0.6) is 0 Å². The maximum absolute atomic E-state index is 8.90. The summed E-state index contributed by atoms with van der Waals surface area (Å²) in [7, 11) is 1.98. The van der Waals surface area contributed by atoms with Crippen LogP contribution >= 0.6 is 27.3 Å². The van der Waals surface area contributed by atoms with Gasteiger partial charge in [-0.2, -0.15) is 0 Å². The van der Waals surface area contributed by atoms with Gasteiger partial charge < -0.3 is 15.8 Å². The van der Waals surface area contributed by atoms with E-state index in [0.29, 0.717) is 5.56 Å². The van der Waals surface area contributed by atoms with Crippen LogP contribution in [0.1, 0.15) is 10.4 Å². The van der Waals surface area contributed by atoms with E-state index in [0.717, 1.165) is 16.7 Å². The van der Waals surface area contributed by atoms with E-state index in [1.165, 1.54) is 4.88 Å². The highest BCUT2D eigenvalue weighted by atomic mass is 79.9. The van der Waals surface area contributed by atoms with Crippen molar-refractivity contribution in [3.8, 4) is 0 Å². The largest absolute Gasteiger partial charge is 0.409 e. The number of hydrogen-bond acceptors (Lipinski definition) is 4. The topological polar surface area (TPSA) is 61.8 Å². The number of nitrogens with zero attached hydrogens (tertiary/aromatic N) is 2. The van der Waals surface area contributed by atoms with Crippen LogP contribution in [0, 0.1) is 0 Å². The second-order valence-corrected chi connectivity index (χ2v) is 5.94. The first kappa shape index (κ1) is 13.9. The molecule has 0 atom stereocenters. The molecule has 2 rings (SSSR count). The SMILES string of the molecule is CN(Cc1cccs1)c1cccc(Br)c1/C(N)=N/O. The second kappa shape index (κ2) is 6.08. The summed E-state index contributed by atoms with van der Waals surface area (Å²) in [6.45, 7) is 0.778. The number of halogens is 1. The molecule has 0 saturated carbocycles. The first-order chi connectivity index (χ1) is 9.13. The molecule has 0 saturated heterocycles. The van der Waals surface area contributed by atoms with Crippen LogP contribution in [0.25, 0.3) is 0 Å². The van der Waals surface area contributed by atoms with Crippen molar-refractivity contribution in [2.75, 3.05) is 11.9 Å². The van der Waals surface area contributed by atoms with Gasteiger partial charge in [0.15, 0.2) is 5.84 Å². The molecule has 4 nitrogen and oxygen atoms in total. The summed E-state index contributed by atoms with van der Waals surface area (Å²) in [5.41, 5.74) is 7.37. The van der Waals surface area contributed by atoms with Crippen molar-refractivity contribution < 1.29 is 5.21 Å². The Bertz CT molecular complexity index is 584. The minimum atomic E-state index is 0.0977. The lowest BCUT2D eigenvalue weighted by Crippen LogP contribution is -2.22. The fourth-order valence-corrected chi connectivity index (χ4v) is 3.17. The molecule has 19 heavy (non-hydrogen) atoms. The zero-order valence-corrected chi connectivity index (χ0v) is 12.8. The quantitative estimate of drug-likeness (QED) is 0.389. The molecule has 1 aromatic heterocycles. The van der Waals surface area contributed by atoms with Gasteiger partial charge in [-0.15, -0.1) is 11.3 Å². The number of benzene rings is 1. The molecule has 3 N–H and O–H groups in total. The van der Waals surface area contributed by atoms with E-state index >= 15 is 0 Å². The Morgan fingerprint density at radius 3 is 2.84 bits per heavy atom. The Balaban J connectivity index is 2.36. The number of thiophene rings is 1. The van der Waals surface area contributed by atoms with Gasteiger partial charge in [0.1, 0.15) is 0 Å². The highest BCUT2D eigenvalue weighted by Crippen LogP contribution is 2.28.